The number of nitrogens with zero attached hydrogens (tertiary/aromatic N) is 2. The van der Waals surface area contributed by atoms with E-state index in [9.17, 15) is 4.79 Å². The Morgan fingerprint density at radius 3 is 2.94 bits per heavy atom. The lowest BCUT2D eigenvalue weighted by Gasteiger charge is -2.12. The van der Waals surface area contributed by atoms with E-state index in [2.05, 4.69) is 10.3 Å². The molecule has 1 heterocycles. The number of halogens is 1. The van der Waals surface area contributed by atoms with Gasteiger partial charge in [0.2, 0.25) is 5.91 Å². The number of hydrogen-bond donors (Lipinski definition) is 1. The minimum absolute atomic E-state index is 0.366. The third kappa shape index (κ3) is 2.45. The molecule has 4 nitrogen and oxygen atoms in total. The molecule has 0 atom stereocenters. The number of carbonyl (C=O) groups excluding carboxylic acids is 1. The fourth-order valence-corrected chi connectivity index (χ4v) is 2.39. The van der Waals surface area contributed by atoms with Gasteiger partial charge in [0.25, 0.3) is 0 Å². The van der Waals surface area contributed by atoms with Gasteiger partial charge in [0, 0.05) is 5.02 Å². The second kappa shape index (κ2) is 4.56. The summed E-state index contributed by atoms with van der Waals surface area (Å²) in [5, 5.41) is 12.6. The first-order chi connectivity index (χ1) is 8.42. The zero-order valence-corrected chi connectivity index (χ0v) is 11.4. The van der Waals surface area contributed by atoms with Crippen molar-refractivity contribution in [3.63, 3.8) is 0 Å². The molecule has 92 valence electrons. The van der Waals surface area contributed by atoms with Gasteiger partial charge in [0.1, 0.15) is 5.41 Å². The lowest BCUT2D eigenvalue weighted by Crippen LogP contribution is -2.29. The normalized spacial score (nSPS) is 11.2. The zero-order chi connectivity index (χ0) is 13.3. The molecule has 18 heavy (non-hydrogen) atoms. The molecule has 0 saturated heterocycles. The average Bonchev–Trinajstić information content (AvgIpc) is 2.70. The first kappa shape index (κ1) is 12.8. The van der Waals surface area contributed by atoms with Crippen molar-refractivity contribution in [3.8, 4) is 6.07 Å². The molecule has 1 aromatic carbocycles. The number of thiazole rings is 1. The van der Waals surface area contributed by atoms with Gasteiger partial charge in [-0.2, -0.15) is 5.26 Å². The molecular weight excluding hydrogens is 270 g/mol. The molecule has 0 aliphatic rings. The number of benzene rings is 1. The maximum absolute atomic E-state index is 11.8. The van der Waals surface area contributed by atoms with E-state index in [1.165, 1.54) is 11.3 Å². The fourth-order valence-electron chi connectivity index (χ4n) is 1.26. The molecule has 0 aliphatic carbocycles. The van der Waals surface area contributed by atoms with Crippen LogP contribution >= 0.6 is 22.9 Å². The molecule has 2 aromatic rings. The van der Waals surface area contributed by atoms with Crippen LogP contribution in [-0.4, -0.2) is 10.9 Å². The molecule has 2 rings (SSSR count). The van der Waals surface area contributed by atoms with E-state index >= 15 is 0 Å². The smallest absolute Gasteiger partial charge is 0.246 e. The number of amides is 1. The van der Waals surface area contributed by atoms with Crippen LogP contribution in [-0.2, 0) is 4.79 Å². The molecule has 0 bridgehead atoms. The topological polar surface area (TPSA) is 65.8 Å². The quantitative estimate of drug-likeness (QED) is 0.916. The third-order valence-electron chi connectivity index (χ3n) is 2.42. The maximum Gasteiger partial charge on any atom is 0.246 e. The number of nitriles is 1. The van der Waals surface area contributed by atoms with Crippen LogP contribution in [0.2, 0.25) is 5.02 Å². The lowest BCUT2D eigenvalue weighted by molar-refractivity contribution is -0.121. The summed E-state index contributed by atoms with van der Waals surface area (Å²) in [6, 6.07) is 7.27. The van der Waals surface area contributed by atoms with Gasteiger partial charge in [-0.15, -0.1) is 0 Å². The van der Waals surface area contributed by atoms with Crippen molar-refractivity contribution in [2.45, 2.75) is 13.8 Å². The Hall–Kier alpha value is -1.64. The summed E-state index contributed by atoms with van der Waals surface area (Å²) in [7, 11) is 0. The monoisotopic (exact) mass is 279 g/mol. The van der Waals surface area contributed by atoms with Gasteiger partial charge < -0.3 is 5.32 Å². The number of hydrogen-bond acceptors (Lipinski definition) is 4. The maximum atomic E-state index is 11.8. The van der Waals surface area contributed by atoms with Gasteiger partial charge >= 0.3 is 0 Å². The number of rotatable bonds is 2. The van der Waals surface area contributed by atoms with E-state index in [-0.39, 0.29) is 5.91 Å². The van der Waals surface area contributed by atoms with Crippen LogP contribution in [0.15, 0.2) is 18.2 Å². The van der Waals surface area contributed by atoms with Crippen molar-refractivity contribution in [1.82, 2.24) is 4.98 Å². The Morgan fingerprint density at radius 2 is 2.28 bits per heavy atom. The van der Waals surface area contributed by atoms with Crippen molar-refractivity contribution >= 4 is 44.2 Å². The highest BCUT2D eigenvalue weighted by atomic mass is 35.5. The number of aromatic nitrogens is 1. The minimum Gasteiger partial charge on any atom is -0.301 e. The van der Waals surface area contributed by atoms with Gasteiger partial charge in [-0.05, 0) is 32.0 Å². The second-order valence-corrected chi connectivity index (χ2v) is 5.79. The van der Waals surface area contributed by atoms with Gasteiger partial charge in [-0.3, -0.25) is 4.79 Å². The average molecular weight is 280 g/mol. The second-order valence-electron chi connectivity index (χ2n) is 4.32. The molecule has 0 unspecified atom stereocenters. The molecule has 6 heteroatoms. The highest BCUT2D eigenvalue weighted by Crippen LogP contribution is 2.29. The van der Waals surface area contributed by atoms with E-state index in [1.54, 1.807) is 32.0 Å². The van der Waals surface area contributed by atoms with E-state index < -0.39 is 5.41 Å². The van der Waals surface area contributed by atoms with Crippen molar-refractivity contribution in [2.24, 2.45) is 5.41 Å². The summed E-state index contributed by atoms with van der Waals surface area (Å²) in [6.45, 7) is 3.12. The number of anilines is 1. The van der Waals surface area contributed by atoms with Crippen molar-refractivity contribution in [1.29, 1.82) is 5.26 Å². The highest BCUT2D eigenvalue weighted by Gasteiger charge is 2.27. The Labute approximate surface area is 113 Å². The molecule has 0 aliphatic heterocycles. The van der Waals surface area contributed by atoms with Gasteiger partial charge in [0.15, 0.2) is 5.13 Å². The minimum atomic E-state index is -1.07. The number of carbonyl (C=O) groups is 1. The van der Waals surface area contributed by atoms with Crippen molar-refractivity contribution in [2.75, 3.05) is 5.32 Å². The standard InChI is InChI=1S/C12H10ClN3OS/c1-12(2,6-14)10(17)16-11-15-8-4-3-7(13)5-9(8)18-11/h3-5H,1-2H3,(H,15,16,17). The summed E-state index contributed by atoms with van der Waals surface area (Å²) in [5.41, 5.74) is -0.301. The predicted octanol–water partition coefficient (Wildman–Crippen LogP) is 3.44. The molecular formula is C12H10ClN3OS. The summed E-state index contributed by atoms with van der Waals surface area (Å²) in [6.07, 6.45) is 0. The molecule has 1 amide bonds. The van der Waals surface area contributed by atoms with Crippen LogP contribution in [0.3, 0.4) is 0 Å². The molecule has 1 aromatic heterocycles. The van der Waals surface area contributed by atoms with Crippen LogP contribution in [0, 0.1) is 16.7 Å². The Morgan fingerprint density at radius 1 is 1.56 bits per heavy atom. The molecule has 0 spiro atoms. The van der Waals surface area contributed by atoms with Gasteiger partial charge in [-0.1, -0.05) is 22.9 Å². The zero-order valence-electron chi connectivity index (χ0n) is 9.82. The van der Waals surface area contributed by atoms with Crippen LogP contribution < -0.4 is 5.32 Å². The summed E-state index contributed by atoms with van der Waals surface area (Å²) in [4.78, 5) is 16.1. The lowest BCUT2D eigenvalue weighted by atomic mass is 9.95. The first-order valence-electron chi connectivity index (χ1n) is 5.21. The highest BCUT2D eigenvalue weighted by molar-refractivity contribution is 7.22. The summed E-state index contributed by atoms with van der Waals surface area (Å²) < 4.78 is 0.896. The summed E-state index contributed by atoms with van der Waals surface area (Å²) in [5.74, 6) is -0.366. The van der Waals surface area contributed by atoms with Gasteiger partial charge in [-0.25, -0.2) is 4.98 Å². The Balaban J connectivity index is 2.28. The van der Waals surface area contributed by atoms with E-state index in [0.29, 0.717) is 10.2 Å². The van der Waals surface area contributed by atoms with E-state index in [1.807, 2.05) is 6.07 Å². The van der Waals surface area contributed by atoms with E-state index in [4.69, 9.17) is 16.9 Å². The Kier molecular flexibility index (Phi) is 3.24. The third-order valence-corrected chi connectivity index (χ3v) is 3.59. The molecule has 0 saturated carbocycles. The SMILES string of the molecule is CC(C)(C#N)C(=O)Nc1nc2ccc(Cl)cc2s1. The molecule has 0 fully saturated rings. The van der Waals surface area contributed by atoms with Gasteiger partial charge in [0.05, 0.1) is 16.3 Å². The fraction of sp³-hybridized carbons (Fsp3) is 0.250. The van der Waals surface area contributed by atoms with E-state index in [0.717, 1.165) is 10.2 Å². The summed E-state index contributed by atoms with van der Waals surface area (Å²) >= 11 is 7.21. The molecule has 1 N–H and O–H groups in total. The van der Waals surface area contributed by atoms with Crippen LogP contribution in [0.5, 0.6) is 0 Å². The molecule has 0 radical (unpaired) electrons. The number of fused-ring (bicyclic) bond motifs is 1. The number of nitrogens with one attached hydrogen (secondary N) is 1. The van der Waals surface area contributed by atoms with Crippen LogP contribution in [0.1, 0.15) is 13.8 Å². The predicted molar refractivity (Wildman–Crippen MR) is 72.7 cm³/mol. The first-order valence-corrected chi connectivity index (χ1v) is 6.40. The largest absolute Gasteiger partial charge is 0.301 e. The van der Waals surface area contributed by atoms with Crippen molar-refractivity contribution < 1.29 is 4.79 Å². The van der Waals surface area contributed by atoms with Crippen LogP contribution in [0.25, 0.3) is 10.2 Å². The van der Waals surface area contributed by atoms with Crippen LogP contribution in [0.4, 0.5) is 5.13 Å². The van der Waals surface area contributed by atoms with Crippen molar-refractivity contribution in [3.05, 3.63) is 23.2 Å². The Bertz CT molecular complexity index is 657.